The molecular weight excluding hydrogens is 387 g/mol. The van der Waals surface area contributed by atoms with Gasteiger partial charge in [-0.3, -0.25) is 9.59 Å². The highest BCUT2D eigenvalue weighted by Gasteiger charge is 2.41. The largest absolute Gasteiger partial charge is 0.497 e. The van der Waals surface area contributed by atoms with E-state index < -0.39 is 11.7 Å². The van der Waals surface area contributed by atoms with Gasteiger partial charge < -0.3 is 19.3 Å². The molecule has 4 rings (SSSR count). The number of nitrogens with zero attached hydrogens (tertiary/aromatic N) is 2. The minimum atomic E-state index is -0.439. The number of carbonyl (C=O) groups is 2. The molecule has 0 saturated carbocycles. The molecule has 2 aromatic carbocycles. The predicted molar refractivity (Wildman–Crippen MR) is 110 cm³/mol. The monoisotopic (exact) mass is 412 g/mol. The standard InChI is InChI=1S/C23H25FN2O4/c1-29-18-8-9-19(21(13-18)30-2)20-7-4-10-25(20)23(28)15-11-22(27)26(14-15)17-6-3-5-16(24)12-17/h3,5-6,8-9,12-13,15,20H,4,7,10-11,14H2,1-2H3/t15-,20+/m0/s1. The van der Waals surface area contributed by atoms with E-state index in [1.807, 2.05) is 23.1 Å². The molecule has 2 saturated heterocycles. The van der Waals surface area contributed by atoms with Crippen LogP contribution in [0, 0.1) is 11.7 Å². The van der Waals surface area contributed by atoms with E-state index in [4.69, 9.17) is 9.47 Å². The molecule has 6 nitrogen and oxygen atoms in total. The van der Waals surface area contributed by atoms with E-state index >= 15 is 0 Å². The number of benzene rings is 2. The molecule has 2 fully saturated rings. The van der Waals surface area contributed by atoms with Gasteiger partial charge in [0.25, 0.3) is 0 Å². The molecule has 0 radical (unpaired) electrons. The van der Waals surface area contributed by atoms with Crippen LogP contribution in [0.15, 0.2) is 42.5 Å². The quantitative estimate of drug-likeness (QED) is 0.754. The molecule has 0 aliphatic carbocycles. The van der Waals surface area contributed by atoms with Crippen molar-refractivity contribution >= 4 is 17.5 Å². The topological polar surface area (TPSA) is 59.1 Å². The predicted octanol–water partition coefficient (Wildman–Crippen LogP) is 3.56. The number of rotatable bonds is 5. The van der Waals surface area contributed by atoms with Crippen molar-refractivity contribution in [2.75, 3.05) is 32.2 Å². The lowest BCUT2D eigenvalue weighted by molar-refractivity contribution is -0.136. The van der Waals surface area contributed by atoms with Crippen LogP contribution in [0.25, 0.3) is 0 Å². The van der Waals surface area contributed by atoms with Gasteiger partial charge in [0.1, 0.15) is 17.3 Å². The number of halogens is 1. The summed E-state index contributed by atoms with van der Waals surface area (Å²) in [6, 6.07) is 11.4. The lowest BCUT2D eigenvalue weighted by Crippen LogP contribution is -2.37. The summed E-state index contributed by atoms with van der Waals surface area (Å²) >= 11 is 0. The zero-order valence-corrected chi connectivity index (χ0v) is 17.1. The Balaban J connectivity index is 1.54. The van der Waals surface area contributed by atoms with Crippen LogP contribution in [0.2, 0.25) is 0 Å². The summed E-state index contributed by atoms with van der Waals surface area (Å²) in [6.45, 7) is 0.910. The van der Waals surface area contributed by atoms with Gasteiger partial charge in [0, 0.05) is 36.8 Å². The number of likely N-dealkylation sites (tertiary alicyclic amines) is 1. The number of carbonyl (C=O) groups excluding carboxylic acids is 2. The minimum absolute atomic E-state index is 0.0392. The molecule has 2 aromatic rings. The second-order valence-corrected chi connectivity index (χ2v) is 7.68. The number of amides is 2. The summed E-state index contributed by atoms with van der Waals surface area (Å²) in [5, 5.41) is 0. The maximum atomic E-state index is 13.6. The Bertz CT molecular complexity index is 964. The zero-order chi connectivity index (χ0) is 21.3. The molecule has 0 N–H and O–H groups in total. The third-order valence-electron chi connectivity index (χ3n) is 5.93. The fourth-order valence-electron chi connectivity index (χ4n) is 4.45. The van der Waals surface area contributed by atoms with Crippen LogP contribution in [0.1, 0.15) is 30.9 Å². The van der Waals surface area contributed by atoms with Crippen LogP contribution >= 0.6 is 0 Å². The molecule has 0 bridgehead atoms. The van der Waals surface area contributed by atoms with Gasteiger partial charge >= 0.3 is 0 Å². The van der Waals surface area contributed by atoms with Crippen molar-refractivity contribution in [2.24, 2.45) is 5.92 Å². The first-order valence-electron chi connectivity index (χ1n) is 10.1. The average Bonchev–Trinajstić information content (AvgIpc) is 3.39. The normalized spacial score (nSPS) is 21.2. The van der Waals surface area contributed by atoms with E-state index in [2.05, 4.69) is 0 Å². The van der Waals surface area contributed by atoms with Crippen LogP contribution in [0.5, 0.6) is 11.5 Å². The summed E-state index contributed by atoms with van der Waals surface area (Å²) in [7, 11) is 3.20. The SMILES string of the molecule is COc1ccc([C@H]2CCCN2C(=O)[C@H]2CC(=O)N(c3cccc(F)c3)C2)c(OC)c1. The number of methoxy groups -OCH3 is 2. The van der Waals surface area contributed by atoms with Crippen LogP contribution in [0.4, 0.5) is 10.1 Å². The lowest BCUT2D eigenvalue weighted by atomic mass is 10.0. The van der Waals surface area contributed by atoms with Crippen molar-refractivity contribution in [3.8, 4) is 11.5 Å². The van der Waals surface area contributed by atoms with Crippen LogP contribution < -0.4 is 14.4 Å². The number of ether oxygens (including phenoxy) is 2. The first-order chi connectivity index (χ1) is 14.5. The summed E-state index contributed by atoms with van der Waals surface area (Å²) < 4.78 is 24.4. The fraction of sp³-hybridized carbons (Fsp3) is 0.391. The third kappa shape index (κ3) is 3.72. The summed E-state index contributed by atoms with van der Waals surface area (Å²) in [5.74, 6) is 0.341. The Hall–Kier alpha value is -3.09. The van der Waals surface area contributed by atoms with E-state index in [9.17, 15) is 14.0 Å². The molecule has 0 spiro atoms. The van der Waals surface area contributed by atoms with Gasteiger partial charge in [0.2, 0.25) is 11.8 Å². The minimum Gasteiger partial charge on any atom is -0.497 e. The third-order valence-corrected chi connectivity index (χ3v) is 5.93. The van der Waals surface area contributed by atoms with Gasteiger partial charge in [-0.1, -0.05) is 6.07 Å². The van der Waals surface area contributed by atoms with Crippen molar-refractivity contribution in [3.05, 3.63) is 53.8 Å². The lowest BCUT2D eigenvalue weighted by Gasteiger charge is -2.28. The Morgan fingerprint density at radius 2 is 1.97 bits per heavy atom. The van der Waals surface area contributed by atoms with Crippen molar-refractivity contribution in [1.82, 2.24) is 4.90 Å². The molecule has 2 aliphatic heterocycles. The van der Waals surface area contributed by atoms with Gasteiger partial charge in [-0.05, 0) is 43.2 Å². The van der Waals surface area contributed by atoms with Gasteiger partial charge in [0.05, 0.1) is 26.2 Å². The van der Waals surface area contributed by atoms with E-state index in [0.29, 0.717) is 23.7 Å². The molecular formula is C23H25FN2O4. The Morgan fingerprint density at radius 1 is 1.13 bits per heavy atom. The molecule has 158 valence electrons. The second-order valence-electron chi connectivity index (χ2n) is 7.68. The number of anilines is 1. The Kier molecular flexibility index (Phi) is 5.61. The first-order valence-corrected chi connectivity index (χ1v) is 10.1. The first kappa shape index (κ1) is 20.2. The number of hydrogen-bond donors (Lipinski definition) is 0. The van der Waals surface area contributed by atoms with Crippen LogP contribution in [-0.2, 0) is 9.59 Å². The van der Waals surface area contributed by atoms with Crippen molar-refractivity contribution in [1.29, 1.82) is 0 Å². The van der Waals surface area contributed by atoms with Gasteiger partial charge in [0.15, 0.2) is 0 Å². The summed E-state index contributed by atoms with van der Waals surface area (Å²) in [5.41, 5.74) is 1.43. The molecule has 30 heavy (non-hydrogen) atoms. The maximum absolute atomic E-state index is 13.6. The molecule has 0 unspecified atom stereocenters. The molecule has 2 aliphatic rings. The zero-order valence-electron chi connectivity index (χ0n) is 17.1. The molecule has 2 heterocycles. The molecule has 2 amide bonds. The second kappa shape index (κ2) is 8.34. The fourth-order valence-corrected chi connectivity index (χ4v) is 4.45. The van der Waals surface area contributed by atoms with Crippen molar-refractivity contribution in [2.45, 2.75) is 25.3 Å². The number of hydrogen-bond acceptors (Lipinski definition) is 4. The van der Waals surface area contributed by atoms with Gasteiger partial charge in [-0.25, -0.2) is 4.39 Å². The van der Waals surface area contributed by atoms with Crippen molar-refractivity contribution in [3.63, 3.8) is 0 Å². The summed E-state index contributed by atoms with van der Waals surface area (Å²) in [6.07, 6.45) is 1.86. The van der Waals surface area contributed by atoms with E-state index in [1.165, 1.54) is 17.0 Å². The average molecular weight is 412 g/mol. The highest BCUT2D eigenvalue weighted by Crippen LogP contribution is 2.40. The van der Waals surface area contributed by atoms with Crippen LogP contribution in [-0.4, -0.2) is 44.0 Å². The van der Waals surface area contributed by atoms with E-state index in [-0.39, 0.29) is 30.8 Å². The smallest absolute Gasteiger partial charge is 0.228 e. The summed E-state index contributed by atoms with van der Waals surface area (Å²) in [4.78, 5) is 29.3. The van der Waals surface area contributed by atoms with Crippen molar-refractivity contribution < 1.29 is 23.5 Å². The van der Waals surface area contributed by atoms with Crippen LogP contribution in [0.3, 0.4) is 0 Å². The molecule has 2 atom stereocenters. The molecule has 7 heteroatoms. The Morgan fingerprint density at radius 3 is 2.70 bits per heavy atom. The molecule has 0 aromatic heterocycles. The highest BCUT2D eigenvalue weighted by atomic mass is 19.1. The highest BCUT2D eigenvalue weighted by molar-refractivity contribution is 6.00. The maximum Gasteiger partial charge on any atom is 0.228 e. The van der Waals surface area contributed by atoms with E-state index in [0.717, 1.165) is 18.4 Å². The van der Waals surface area contributed by atoms with E-state index in [1.54, 1.807) is 26.4 Å². The van der Waals surface area contributed by atoms with Gasteiger partial charge in [-0.2, -0.15) is 0 Å². The van der Waals surface area contributed by atoms with Gasteiger partial charge in [-0.15, -0.1) is 0 Å². The Labute approximate surface area is 175 Å².